The Morgan fingerprint density at radius 2 is 1.90 bits per heavy atom. The summed E-state index contributed by atoms with van der Waals surface area (Å²) in [6, 6.07) is 13.3. The van der Waals surface area contributed by atoms with Gasteiger partial charge >= 0.3 is 0 Å². The van der Waals surface area contributed by atoms with E-state index in [4.69, 9.17) is 11.6 Å². The van der Waals surface area contributed by atoms with Crippen LogP contribution in [-0.2, 0) is 5.88 Å². The fourth-order valence-corrected chi connectivity index (χ4v) is 2.38. The Morgan fingerprint density at radius 3 is 2.52 bits per heavy atom. The zero-order chi connectivity index (χ0) is 15.2. The van der Waals surface area contributed by atoms with Crippen molar-refractivity contribution >= 4 is 35.0 Å². The van der Waals surface area contributed by atoms with E-state index in [2.05, 4.69) is 5.32 Å². The predicted octanol–water partition coefficient (Wildman–Crippen LogP) is 4.99. The van der Waals surface area contributed by atoms with E-state index in [9.17, 15) is 13.6 Å². The summed E-state index contributed by atoms with van der Waals surface area (Å²) in [5, 5.41) is 2.71. The van der Waals surface area contributed by atoms with E-state index in [-0.39, 0.29) is 5.91 Å². The fourth-order valence-electron chi connectivity index (χ4n) is 1.72. The van der Waals surface area contributed by atoms with Crippen LogP contribution in [0.2, 0.25) is 0 Å². The van der Waals surface area contributed by atoms with Crippen LogP contribution in [0.4, 0.5) is 14.5 Å². The molecule has 0 bridgehead atoms. The van der Waals surface area contributed by atoms with Gasteiger partial charge in [-0.2, -0.15) is 8.78 Å². The monoisotopic (exact) mass is 327 g/mol. The Kier molecular flexibility index (Phi) is 5.59. The van der Waals surface area contributed by atoms with Crippen molar-refractivity contribution in [3.05, 3.63) is 59.7 Å². The molecule has 2 nitrogen and oxygen atoms in total. The molecule has 0 aliphatic heterocycles. The highest BCUT2D eigenvalue weighted by Crippen LogP contribution is 2.26. The number of anilines is 1. The average Bonchev–Trinajstić information content (AvgIpc) is 2.49. The van der Waals surface area contributed by atoms with Gasteiger partial charge in [0.2, 0.25) is 0 Å². The van der Waals surface area contributed by atoms with E-state index in [0.717, 1.165) is 5.56 Å². The number of halogens is 3. The third kappa shape index (κ3) is 4.72. The second-order valence-electron chi connectivity index (χ2n) is 4.19. The molecule has 2 aromatic carbocycles. The van der Waals surface area contributed by atoms with Gasteiger partial charge in [0, 0.05) is 22.0 Å². The summed E-state index contributed by atoms with van der Waals surface area (Å²) in [6.07, 6.45) is 0. The second kappa shape index (κ2) is 7.43. The van der Waals surface area contributed by atoms with Crippen LogP contribution in [-0.4, -0.2) is 11.7 Å². The Bertz CT molecular complexity index is 619. The minimum absolute atomic E-state index is 0.267. The highest BCUT2D eigenvalue weighted by molar-refractivity contribution is 7.99. The van der Waals surface area contributed by atoms with Crippen LogP contribution in [0.5, 0.6) is 0 Å². The summed E-state index contributed by atoms with van der Waals surface area (Å²) < 4.78 is 24.4. The molecule has 0 spiro atoms. The molecule has 0 unspecified atom stereocenters. The highest BCUT2D eigenvalue weighted by atomic mass is 35.5. The molecule has 0 aromatic heterocycles. The Hall–Kier alpha value is -1.59. The van der Waals surface area contributed by atoms with E-state index >= 15 is 0 Å². The van der Waals surface area contributed by atoms with E-state index in [1.165, 1.54) is 0 Å². The smallest absolute Gasteiger partial charge is 0.288 e. The zero-order valence-electron chi connectivity index (χ0n) is 10.9. The van der Waals surface area contributed by atoms with Crippen LogP contribution in [0.3, 0.4) is 0 Å². The molecular formula is C15H12ClF2NOS. The number of nitrogens with one attached hydrogen (secondary N) is 1. The summed E-state index contributed by atoms with van der Waals surface area (Å²) in [6.45, 7) is 0. The van der Waals surface area contributed by atoms with Crippen LogP contribution in [0.25, 0.3) is 0 Å². The first-order chi connectivity index (χ1) is 10.1. The number of carbonyl (C=O) groups is 1. The van der Waals surface area contributed by atoms with Gasteiger partial charge in [0.1, 0.15) is 0 Å². The number of hydrogen-bond donors (Lipinski definition) is 1. The van der Waals surface area contributed by atoms with Gasteiger partial charge in [-0.3, -0.25) is 4.79 Å². The van der Waals surface area contributed by atoms with Gasteiger partial charge < -0.3 is 5.32 Å². The van der Waals surface area contributed by atoms with Gasteiger partial charge in [0.15, 0.2) is 0 Å². The van der Waals surface area contributed by atoms with E-state index < -0.39 is 5.76 Å². The minimum atomic E-state index is -2.45. The molecular weight excluding hydrogens is 316 g/mol. The van der Waals surface area contributed by atoms with Gasteiger partial charge in [-0.05, 0) is 42.0 Å². The summed E-state index contributed by atoms with van der Waals surface area (Å²) >= 11 is 6.19. The largest absolute Gasteiger partial charge is 0.322 e. The molecule has 0 radical (unpaired) electrons. The number of rotatable bonds is 5. The second-order valence-corrected chi connectivity index (χ2v) is 5.52. The van der Waals surface area contributed by atoms with Crippen molar-refractivity contribution in [1.82, 2.24) is 0 Å². The number of carbonyl (C=O) groups excluding carboxylic acids is 1. The lowest BCUT2D eigenvalue weighted by Crippen LogP contribution is -2.11. The van der Waals surface area contributed by atoms with Gasteiger partial charge in [-0.25, -0.2) is 0 Å². The fraction of sp³-hybridized carbons (Fsp3) is 0.133. The van der Waals surface area contributed by atoms with Crippen molar-refractivity contribution in [2.24, 2.45) is 0 Å². The summed E-state index contributed by atoms with van der Waals surface area (Å²) in [5.41, 5.74) is 1.90. The van der Waals surface area contributed by atoms with Crippen molar-refractivity contribution in [2.45, 2.75) is 16.5 Å². The third-order valence-electron chi connectivity index (χ3n) is 2.68. The molecule has 0 aliphatic carbocycles. The van der Waals surface area contributed by atoms with Crippen molar-refractivity contribution in [2.75, 3.05) is 5.32 Å². The first kappa shape index (κ1) is 15.8. The Morgan fingerprint density at radius 1 is 1.19 bits per heavy atom. The molecule has 1 N–H and O–H groups in total. The zero-order valence-corrected chi connectivity index (χ0v) is 12.4. The normalized spacial score (nSPS) is 10.7. The van der Waals surface area contributed by atoms with E-state index in [1.807, 2.05) is 6.07 Å². The molecule has 6 heteroatoms. The van der Waals surface area contributed by atoms with Crippen molar-refractivity contribution in [3.63, 3.8) is 0 Å². The number of alkyl halides is 3. The van der Waals surface area contributed by atoms with Crippen LogP contribution in [0.1, 0.15) is 15.9 Å². The molecule has 2 rings (SSSR count). The molecule has 1 amide bonds. The van der Waals surface area contributed by atoms with E-state index in [0.29, 0.717) is 33.8 Å². The SMILES string of the molecule is O=C(Nc1ccc(SC(F)F)cc1)c1cccc(CCl)c1. The van der Waals surface area contributed by atoms with Gasteiger partial charge in [0.05, 0.1) is 0 Å². The van der Waals surface area contributed by atoms with Crippen molar-refractivity contribution in [1.29, 1.82) is 0 Å². The lowest BCUT2D eigenvalue weighted by Gasteiger charge is -2.07. The quantitative estimate of drug-likeness (QED) is 0.619. The van der Waals surface area contributed by atoms with Gasteiger partial charge in [0.25, 0.3) is 11.7 Å². The lowest BCUT2D eigenvalue weighted by molar-refractivity contribution is 0.102. The first-order valence-corrected chi connectivity index (χ1v) is 7.51. The maximum Gasteiger partial charge on any atom is 0.288 e. The highest BCUT2D eigenvalue weighted by Gasteiger charge is 2.08. The van der Waals surface area contributed by atoms with Crippen LogP contribution in [0.15, 0.2) is 53.4 Å². The van der Waals surface area contributed by atoms with Crippen LogP contribution < -0.4 is 5.32 Å². The number of hydrogen-bond acceptors (Lipinski definition) is 2. The minimum Gasteiger partial charge on any atom is -0.322 e. The molecule has 0 aliphatic rings. The number of thioether (sulfide) groups is 1. The topological polar surface area (TPSA) is 29.1 Å². The Labute approximate surface area is 130 Å². The molecule has 2 aromatic rings. The van der Waals surface area contributed by atoms with E-state index in [1.54, 1.807) is 42.5 Å². The molecule has 0 atom stereocenters. The summed E-state index contributed by atoms with van der Waals surface area (Å²) in [4.78, 5) is 12.5. The maximum atomic E-state index is 12.2. The molecule has 110 valence electrons. The van der Waals surface area contributed by atoms with Gasteiger partial charge in [-0.15, -0.1) is 11.6 Å². The third-order valence-corrected chi connectivity index (χ3v) is 3.71. The number of amides is 1. The van der Waals surface area contributed by atoms with Crippen LogP contribution in [0, 0.1) is 0 Å². The van der Waals surface area contributed by atoms with Crippen LogP contribution >= 0.6 is 23.4 Å². The molecule has 0 saturated carbocycles. The molecule has 0 fully saturated rings. The molecule has 0 heterocycles. The van der Waals surface area contributed by atoms with Crippen molar-refractivity contribution in [3.8, 4) is 0 Å². The molecule has 21 heavy (non-hydrogen) atoms. The molecule has 0 saturated heterocycles. The maximum absolute atomic E-state index is 12.2. The lowest BCUT2D eigenvalue weighted by atomic mass is 10.1. The van der Waals surface area contributed by atoms with Crippen molar-refractivity contribution < 1.29 is 13.6 Å². The average molecular weight is 328 g/mol. The predicted molar refractivity (Wildman–Crippen MR) is 82.3 cm³/mol. The summed E-state index contributed by atoms with van der Waals surface area (Å²) in [5.74, 6) is -2.39. The number of benzene rings is 2. The first-order valence-electron chi connectivity index (χ1n) is 6.09. The Balaban J connectivity index is 2.05. The summed E-state index contributed by atoms with van der Waals surface area (Å²) in [7, 11) is 0. The standard InChI is InChI=1S/C15H12ClF2NOS/c16-9-10-2-1-3-11(8-10)14(20)19-12-4-6-13(7-5-12)21-15(17)18/h1-8,15H,9H2,(H,19,20). The van der Waals surface area contributed by atoms with Gasteiger partial charge in [-0.1, -0.05) is 23.9 Å².